The van der Waals surface area contributed by atoms with Crippen LogP contribution < -0.4 is 5.43 Å². The lowest BCUT2D eigenvalue weighted by molar-refractivity contribution is 0.0950. The van der Waals surface area contributed by atoms with E-state index in [4.69, 9.17) is 0 Å². The molecule has 0 spiro atoms. The van der Waals surface area contributed by atoms with E-state index in [0.29, 0.717) is 5.69 Å². The van der Waals surface area contributed by atoms with Crippen LogP contribution in [-0.2, 0) is 12.8 Å². The number of aromatic nitrogens is 2. The molecule has 33 heavy (non-hydrogen) atoms. The molecule has 6 rings (SSSR count). The van der Waals surface area contributed by atoms with Gasteiger partial charge < -0.3 is 0 Å². The summed E-state index contributed by atoms with van der Waals surface area (Å²) in [5.74, 6) is -0.320. The zero-order chi connectivity index (χ0) is 22.4. The molecule has 1 aromatic heterocycles. The summed E-state index contributed by atoms with van der Waals surface area (Å²) >= 11 is 0. The molecule has 0 saturated heterocycles. The van der Waals surface area contributed by atoms with E-state index in [0.717, 1.165) is 40.8 Å². The van der Waals surface area contributed by atoms with Crippen LogP contribution in [0.5, 0.6) is 0 Å². The Kier molecular flexibility index (Phi) is 4.54. The summed E-state index contributed by atoms with van der Waals surface area (Å²) in [6.45, 7) is 1.88. The van der Waals surface area contributed by atoms with Crippen LogP contribution in [0.4, 0.5) is 0 Å². The van der Waals surface area contributed by atoms with E-state index < -0.39 is 0 Å². The third kappa shape index (κ3) is 3.38. The van der Waals surface area contributed by atoms with Crippen molar-refractivity contribution in [3.05, 3.63) is 101 Å². The molecule has 5 nitrogen and oxygen atoms in total. The molecule has 160 valence electrons. The Balaban J connectivity index is 1.25. The maximum absolute atomic E-state index is 12.7. The van der Waals surface area contributed by atoms with Gasteiger partial charge in [0.1, 0.15) is 5.69 Å². The van der Waals surface area contributed by atoms with Crippen LogP contribution in [0.1, 0.15) is 34.1 Å². The van der Waals surface area contributed by atoms with Crippen LogP contribution in [0, 0.1) is 0 Å². The third-order valence-corrected chi connectivity index (χ3v) is 6.47. The predicted octanol–water partition coefficient (Wildman–Crippen LogP) is 5.64. The molecule has 0 radical (unpaired) electrons. The second-order valence-electron chi connectivity index (χ2n) is 8.48. The first-order valence-corrected chi connectivity index (χ1v) is 11.1. The van der Waals surface area contributed by atoms with Gasteiger partial charge in [-0.15, -0.1) is 0 Å². The number of carbonyl (C=O) groups excluding carboxylic acids is 1. The van der Waals surface area contributed by atoms with Gasteiger partial charge >= 0.3 is 0 Å². The molecule has 4 aromatic carbocycles. The number of H-pyrrole nitrogens is 1. The average Bonchev–Trinajstić information content (AvgIpc) is 3.51. The normalized spacial score (nSPS) is 13.1. The number of rotatable bonds is 4. The SMILES string of the molecule is C/C(=N/NC(=O)c1cc(-c2ccc3c4c(cccc24)CC3)n[nH]1)c1ccc2ccccc2c1. The Morgan fingerprint density at radius 2 is 1.73 bits per heavy atom. The van der Waals surface area contributed by atoms with Gasteiger partial charge in [0, 0.05) is 5.56 Å². The molecule has 1 amide bonds. The Bertz CT molecular complexity index is 1570. The average molecular weight is 431 g/mol. The maximum atomic E-state index is 12.7. The molecule has 2 N–H and O–H groups in total. The van der Waals surface area contributed by atoms with Crippen molar-refractivity contribution < 1.29 is 4.79 Å². The van der Waals surface area contributed by atoms with Crippen molar-refractivity contribution in [2.45, 2.75) is 19.8 Å². The number of hydrogen-bond acceptors (Lipinski definition) is 3. The minimum Gasteiger partial charge on any atom is -0.272 e. The summed E-state index contributed by atoms with van der Waals surface area (Å²) in [6, 6.07) is 26.8. The molecule has 1 aliphatic rings. The smallest absolute Gasteiger partial charge is 0.272 e. The van der Waals surface area contributed by atoms with Crippen LogP contribution in [0.3, 0.4) is 0 Å². The molecule has 1 aliphatic carbocycles. The fourth-order valence-electron chi connectivity index (χ4n) is 4.72. The first-order valence-electron chi connectivity index (χ1n) is 11.1. The van der Waals surface area contributed by atoms with Crippen molar-refractivity contribution in [1.29, 1.82) is 0 Å². The lowest BCUT2D eigenvalue weighted by atomic mass is 9.98. The van der Waals surface area contributed by atoms with Crippen LogP contribution in [-0.4, -0.2) is 21.8 Å². The molecule has 0 fully saturated rings. The minimum absolute atomic E-state index is 0.320. The predicted molar refractivity (Wildman–Crippen MR) is 133 cm³/mol. The topological polar surface area (TPSA) is 70.1 Å². The highest BCUT2D eigenvalue weighted by Crippen LogP contribution is 2.36. The molecule has 0 unspecified atom stereocenters. The highest BCUT2D eigenvalue weighted by Gasteiger charge is 2.18. The molecule has 5 heteroatoms. The Labute approximate surface area is 191 Å². The molecule has 1 heterocycles. The van der Waals surface area contributed by atoms with Crippen LogP contribution in [0.2, 0.25) is 0 Å². The van der Waals surface area contributed by atoms with Crippen LogP contribution in [0.15, 0.2) is 84.0 Å². The van der Waals surface area contributed by atoms with Crippen LogP contribution in [0.25, 0.3) is 32.8 Å². The van der Waals surface area contributed by atoms with Gasteiger partial charge in [-0.3, -0.25) is 9.89 Å². The number of nitrogens with zero attached hydrogens (tertiary/aromatic N) is 2. The van der Waals surface area contributed by atoms with Gasteiger partial charge in [0.05, 0.1) is 11.4 Å². The zero-order valence-electron chi connectivity index (χ0n) is 18.2. The molecule has 5 aromatic rings. The Morgan fingerprint density at radius 3 is 2.61 bits per heavy atom. The molecule has 0 bridgehead atoms. The molecule has 0 saturated carbocycles. The highest BCUT2D eigenvalue weighted by molar-refractivity contribution is 6.04. The summed E-state index contributed by atoms with van der Waals surface area (Å²) < 4.78 is 0. The summed E-state index contributed by atoms with van der Waals surface area (Å²) in [5, 5.41) is 16.4. The number of aromatic amines is 1. The van der Waals surface area contributed by atoms with Crippen molar-refractivity contribution in [2.75, 3.05) is 0 Å². The van der Waals surface area contributed by atoms with Crippen molar-refractivity contribution in [2.24, 2.45) is 5.10 Å². The summed E-state index contributed by atoms with van der Waals surface area (Å²) in [7, 11) is 0. The molecule has 0 atom stereocenters. The standard InChI is InChI=1S/C28H22N4O/c1-17(21-12-9-18-5-2-3-6-22(18)15-21)29-32-28(33)26-16-25(30-31-26)23-14-13-20-11-10-19-7-4-8-24(23)27(19)20/h2-9,12-16H,10-11H2,1H3,(H,30,31)(H,32,33)/b29-17-. The second kappa shape index (κ2) is 7.71. The van der Waals surface area contributed by atoms with E-state index >= 15 is 0 Å². The first-order chi connectivity index (χ1) is 16.2. The van der Waals surface area contributed by atoms with E-state index in [1.54, 1.807) is 6.07 Å². The van der Waals surface area contributed by atoms with Crippen LogP contribution >= 0.6 is 0 Å². The summed E-state index contributed by atoms with van der Waals surface area (Å²) in [6.07, 6.45) is 2.16. The fraction of sp³-hybridized carbons (Fsp3) is 0.107. The number of nitrogens with one attached hydrogen (secondary N) is 2. The van der Waals surface area contributed by atoms with Crippen molar-refractivity contribution >= 4 is 33.2 Å². The van der Waals surface area contributed by atoms with Gasteiger partial charge in [0.25, 0.3) is 5.91 Å². The Morgan fingerprint density at radius 1 is 0.909 bits per heavy atom. The number of benzene rings is 4. The number of fused-ring (bicyclic) bond motifs is 1. The van der Waals surface area contributed by atoms with E-state index in [-0.39, 0.29) is 5.91 Å². The van der Waals surface area contributed by atoms with Gasteiger partial charge in [-0.2, -0.15) is 10.2 Å². The van der Waals surface area contributed by atoms with Crippen molar-refractivity contribution in [3.63, 3.8) is 0 Å². The zero-order valence-corrected chi connectivity index (χ0v) is 18.2. The van der Waals surface area contributed by atoms with Gasteiger partial charge in [0.2, 0.25) is 0 Å². The summed E-state index contributed by atoms with van der Waals surface area (Å²) in [5.41, 5.74) is 9.29. The van der Waals surface area contributed by atoms with E-state index in [1.807, 2.05) is 25.1 Å². The van der Waals surface area contributed by atoms with Crippen molar-refractivity contribution in [3.8, 4) is 11.3 Å². The van der Waals surface area contributed by atoms with Gasteiger partial charge in [-0.05, 0) is 70.1 Å². The van der Waals surface area contributed by atoms with Crippen molar-refractivity contribution in [1.82, 2.24) is 15.6 Å². The first kappa shape index (κ1) is 19.4. The third-order valence-electron chi connectivity index (χ3n) is 6.47. The van der Waals surface area contributed by atoms with E-state index in [1.165, 1.54) is 27.3 Å². The van der Waals surface area contributed by atoms with Gasteiger partial charge in [-0.1, -0.05) is 66.7 Å². The quantitative estimate of drug-likeness (QED) is 0.286. The maximum Gasteiger partial charge on any atom is 0.289 e. The lowest BCUT2D eigenvalue weighted by Crippen LogP contribution is -2.19. The lowest BCUT2D eigenvalue weighted by Gasteiger charge is -2.06. The highest BCUT2D eigenvalue weighted by atomic mass is 16.2. The molecule has 0 aliphatic heterocycles. The number of hydrazone groups is 1. The Hall–Kier alpha value is -4.25. The molecular weight excluding hydrogens is 408 g/mol. The minimum atomic E-state index is -0.320. The number of aryl methyl sites for hydroxylation is 2. The number of amides is 1. The summed E-state index contributed by atoms with van der Waals surface area (Å²) in [4.78, 5) is 12.7. The monoisotopic (exact) mass is 430 g/mol. The van der Waals surface area contributed by atoms with Gasteiger partial charge in [-0.25, -0.2) is 5.43 Å². The van der Waals surface area contributed by atoms with E-state index in [9.17, 15) is 4.79 Å². The number of carbonyl (C=O) groups is 1. The van der Waals surface area contributed by atoms with E-state index in [2.05, 4.69) is 75.3 Å². The molecular formula is C28H22N4O. The number of hydrogen-bond donors (Lipinski definition) is 2. The fourth-order valence-corrected chi connectivity index (χ4v) is 4.72. The van der Waals surface area contributed by atoms with Gasteiger partial charge in [0.15, 0.2) is 0 Å². The largest absolute Gasteiger partial charge is 0.289 e. The second-order valence-corrected chi connectivity index (χ2v) is 8.48.